The van der Waals surface area contributed by atoms with E-state index < -0.39 is 0 Å². The number of nitrogens with zero attached hydrogens (tertiary/aromatic N) is 2. The minimum atomic E-state index is -0.231. The van der Waals surface area contributed by atoms with E-state index in [4.69, 9.17) is 4.74 Å². The zero-order chi connectivity index (χ0) is 19.5. The number of carbonyl (C=O) groups excluding carboxylic acids is 1. The molecule has 4 aromatic rings. The minimum absolute atomic E-state index is 0.231. The number of rotatable bonds is 5. The highest BCUT2D eigenvalue weighted by atomic mass is 32.1. The number of hydrogen-bond acceptors (Lipinski definition) is 4. The molecule has 4 rings (SSSR count). The molecule has 2 aromatic heterocycles. The van der Waals surface area contributed by atoms with Gasteiger partial charge < -0.3 is 10.1 Å². The Morgan fingerprint density at radius 2 is 1.86 bits per heavy atom. The molecule has 28 heavy (non-hydrogen) atoms. The van der Waals surface area contributed by atoms with Crippen LogP contribution in [-0.2, 0) is 4.79 Å². The molecule has 6 heteroatoms. The fourth-order valence-electron chi connectivity index (χ4n) is 2.89. The van der Waals surface area contributed by atoms with E-state index in [9.17, 15) is 4.79 Å². The van der Waals surface area contributed by atoms with Crippen LogP contribution in [0.15, 0.2) is 66.9 Å². The van der Waals surface area contributed by atoms with Crippen molar-refractivity contribution in [1.29, 1.82) is 0 Å². The van der Waals surface area contributed by atoms with Crippen LogP contribution in [0, 0.1) is 13.8 Å². The molecule has 0 radical (unpaired) electrons. The van der Waals surface area contributed by atoms with Crippen molar-refractivity contribution in [2.24, 2.45) is 0 Å². The van der Waals surface area contributed by atoms with Crippen molar-refractivity contribution in [1.82, 2.24) is 9.38 Å². The Bertz CT molecular complexity index is 1160. The summed E-state index contributed by atoms with van der Waals surface area (Å²) in [5, 5.41) is 2.89. The van der Waals surface area contributed by atoms with Crippen LogP contribution in [0.25, 0.3) is 11.0 Å². The zero-order valence-corrected chi connectivity index (χ0v) is 16.4. The van der Waals surface area contributed by atoms with E-state index in [2.05, 4.69) is 10.3 Å². The number of thiazole rings is 1. The largest absolute Gasteiger partial charge is 0.455 e. The van der Waals surface area contributed by atoms with E-state index >= 15 is 0 Å². The van der Waals surface area contributed by atoms with Crippen LogP contribution in [0.1, 0.15) is 16.3 Å². The molecule has 5 nitrogen and oxygen atoms in total. The van der Waals surface area contributed by atoms with E-state index in [-0.39, 0.29) is 5.91 Å². The molecule has 2 heterocycles. The van der Waals surface area contributed by atoms with E-state index in [0.29, 0.717) is 17.2 Å². The summed E-state index contributed by atoms with van der Waals surface area (Å²) >= 11 is 1.63. The smallest absolute Gasteiger partial charge is 0.248 e. The highest BCUT2D eigenvalue weighted by molar-refractivity contribution is 7.17. The van der Waals surface area contributed by atoms with Gasteiger partial charge in [-0.3, -0.25) is 9.20 Å². The standard InChI is InChI=1S/C22H19N3O2S/c1-15-14-25-19(16(2)23-22(25)28-15)12-13-21(26)24-18-10-6-7-11-20(18)27-17-8-4-3-5-9-17/h3-14H,1-2H3,(H,24,26)/b13-12+. The van der Waals surface area contributed by atoms with E-state index in [1.54, 1.807) is 17.4 Å². The van der Waals surface area contributed by atoms with Gasteiger partial charge in [-0.1, -0.05) is 30.3 Å². The molecule has 0 bridgehead atoms. The number of nitrogens with one attached hydrogen (secondary N) is 1. The fraction of sp³-hybridized carbons (Fsp3) is 0.0909. The fourth-order valence-corrected chi connectivity index (χ4v) is 3.76. The van der Waals surface area contributed by atoms with Crippen LogP contribution < -0.4 is 10.1 Å². The Morgan fingerprint density at radius 1 is 1.11 bits per heavy atom. The SMILES string of the molecule is Cc1cn2c(/C=C/C(=O)Nc3ccccc3Oc3ccccc3)c(C)nc2s1. The molecule has 0 aliphatic heterocycles. The normalized spacial score (nSPS) is 11.2. The van der Waals surface area contributed by atoms with Gasteiger partial charge in [0.05, 0.1) is 17.1 Å². The first kappa shape index (κ1) is 18.0. The van der Waals surface area contributed by atoms with Crippen molar-refractivity contribution in [3.63, 3.8) is 0 Å². The molecule has 2 aromatic carbocycles. The number of hydrogen-bond donors (Lipinski definition) is 1. The van der Waals surface area contributed by atoms with Crippen LogP contribution in [0.3, 0.4) is 0 Å². The van der Waals surface area contributed by atoms with Gasteiger partial charge in [0.2, 0.25) is 5.91 Å². The van der Waals surface area contributed by atoms with E-state index in [0.717, 1.165) is 16.3 Å². The number of para-hydroxylation sites is 3. The van der Waals surface area contributed by atoms with Crippen molar-refractivity contribution >= 4 is 34.0 Å². The number of aromatic nitrogens is 2. The highest BCUT2D eigenvalue weighted by Crippen LogP contribution is 2.29. The van der Waals surface area contributed by atoms with Gasteiger partial charge in [0.25, 0.3) is 0 Å². The number of ether oxygens (including phenoxy) is 1. The molecule has 0 atom stereocenters. The summed E-state index contributed by atoms with van der Waals surface area (Å²) in [6.45, 7) is 3.98. The second kappa shape index (κ2) is 7.70. The third-order valence-electron chi connectivity index (χ3n) is 4.17. The van der Waals surface area contributed by atoms with Gasteiger partial charge in [-0.2, -0.15) is 0 Å². The second-order valence-corrected chi connectivity index (χ2v) is 7.52. The molecule has 140 valence electrons. The Labute approximate surface area is 166 Å². The van der Waals surface area contributed by atoms with Crippen LogP contribution >= 0.6 is 11.3 Å². The van der Waals surface area contributed by atoms with Crippen LogP contribution in [0.2, 0.25) is 0 Å². The summed E-state index contributed by atoms with van der Waals surface area (Å²) in [6, 6.07) is 16.8. The van der Waals surface area contributed by atoms with Crippen LogP contribution in [0.4, 0.5) is 5.69 Å². The molecule has 1 N–H and O–H groups in total. The summed E-state index contributed by atoms with van der Waals surface area (Å²) in [7, 11) is 0. The van der Waals surface area contributed by atoms with Crippen molar-refractivity contribution in [2.45, 2.75) is 13.8 Å². The monoisotopic (exact) mass is 389 g/mol. The van der Waals surface area contributed by atoms with Crippen molar-refractivity contribution in [3.05, 3.63) is 83.1 Å². The average Bonchev–Trinajstić information content (AvgIpc) is 3.17. The number of fused-ring (bicyclic) bond motifs is 1. The van der Waals surface area contributed by atoms with Gasteiger partial charge in [-0.15, -0.1) is 11.3 Å². The van der Waals surface area contributed by atoms with Gasteiger partial charge in [0.15, 0.2) is 10.7 Å². The first-order valence-corrected chi connectivity index (χ1v) is 9.68. The average molecular weight is 389 g/mol. The molecule has 0 spiro atoms. The first-order chi connectivity index (χ1) is 13.6. The molecule has 0 saturated heterocycles. The summed E-state index contributed by atoms with van der Waals surface area (Å²) in [6.07, 6.45) is 5.33. The van der Waals surface area contributed by atoms with Crippen LogP contribution in [-0.4, -0.2) is 15.3 Å². The summed E-state index contributed by atoms with van der Waals surface area (Å²) in [5.74, 6) is 1.07. The van der Waals surface area contributed by atoms with E-state index in [1.807, 2.05) is 79.0 Å². The van der Waals surface area contributed by atoms with Gasteiger partial charge in [-0.25, -0.2) is 4.98 Å². The number of imidazole rings is 1. The second-order valence-electron chi connectivity index (χ2n) is 6.31. The van der Waals surface area contributed by atoms with Gasteiger partial charge in [0.1, 0.15) is 5.75 Å². The maximum absolute atomic E-state index is 12.5. The lowest BCUT2D eigenvalue weighted by Gasteiger charge is -2.11. The minimum Gasteiger partial charge on any atom is -0.455 e. The summed E-state index contributed by atoms with van der Waals surface area (Å²) < 4.78 is 7.89. The third-order valence-corrected chi connectivity index (χ3v) is 5.07. The number of benzene rings is 2. The Kier molecular flexibility index (Phi) is 4.95. The van der Waals surface area contributed by atoms with Gasteiger partial charge in [-0.05, 0) is 44.2 Å². The Balaban J connectivity index is 1.52. The predicted molar refractivity (Wildman–Crippen MR) is 113 cm³/mol. The number of amides is 1. The number of anilines is 1. The molecule has 0 fully saturated rings. The Hall–Kier alpha value is -3.38. The maximum Gasteiger partial charge on any atom is 0.248 e. The summed E-state index contributed by atoms with van der Waals surface area (Å²) in [4.78, 5) is 19.1. The molecule has 0 saturated carbocycles. The quantitative estimate of drug-likeness (QED) is 0.461. The lowest BCUT2D eigenvalue weighted by molar-refractivity contribution is -0.111. The lowest BCUT2D eigenvalue weighted by atomic mass is 10.2. The van der Waals surface area contributed by atoms with Crippen molar-refractivity contribution < 1.29 is 9.53 Å². The third kappa shape index (κ3) is 3.82. The lowest BCUT2D eigenvalue weighted by Crippen LogP contribution is -2.08. The molecule has 0 aliphatic carbocycles. The van der Waals surface area contributed by atoms with Crippen molar-refractivity contribution in [3.8, 4) is 11.5 Å². The number of carbonyl (C=O) groups is 1. The molecular weight excluding hydrogens is 370 g/mol. The van der Waals surface area contributed by atoms with Gasteiger partial charge in [0, 0.05) is 17.2 Å². The zero-order valence-electron chi connectivity index (χ0n) is 15.5. The number of aryl methyl sites for hydroxylation is 2. The van der Waals surface area contributed by atoms with Gasteiger partial charge >= 0.3 is 0 Å². The van der Waals surface area contributed by atoms with Crippen molar-refractivity contribution in [2.75, 3.05) is 5.32 Å². The maximum atomic E-state index is 12.5. The topological polar surface area (TPSA) is 55.6 Å². The highest BCUT2D eigenvalue weighted by Gasteiger charge is 2.10. The molecule has 0 aliphatic rings. The summed E-state index contributed by atoms with van der Waals surface area (Å²) in [5.41, 5.74) is 2.41. The molecule has 0 unspecified atom stereocenters. The Morgan fingerprint density at radius 3 is 2.68 bits per heavy atom. The predicted octanol–water partition coefficient (Wildman–Crippen LogP) is 5.46. The van der Waals surface area contributed by atoms with Crippen LogP contribution in [0.5, 0.6) is 11.5 Å². The molecular formula is C22H19N3O2S. The molecule has 1 amide bonds. The van der Waals surface area contributed by atoms with E-state index in [1.165, 1.54) is 11.0 Å². The first-order valence-electron chi connectivity index (χ1n) is 8.86.